The first-order chi connectivity index (χ1) is 6.16. The lowest BCUT2D eigenvalue weighted by Gasteiger charge is -2.39. The van der Waals surface area contributed by atoms with Gasteiger partial charge < -0.3 is 5.32 Å². The molecule has 0 saturated heterocycles. The van der Waals surface area contributed by atoms with Crippen molar-refractivity contribution in [2.75, 3.05) is 13.6 Å². The van der Waals surface area contributed by atoms with Crippen LogP contribution in [0.25, 0.3) is 0 Å². The lowest BCUT2D eigenvalue weighted by atomic mass is 9.68. The van der Waals surface area contributed by atoms with E-state index in [2.05, 4.69) is 33.1 Å². The van der Waals surface area contributed by atoms with Crippen molar-refractivity contribution in [1.82, 2.24) is 5.32 Å². The normalized spacial score (nSPS) is 35.3. The second-order valence-electron chi connectivity index (χ2n) is 5.04. The number of rotatable bonds is 3. The molecule has 0 aromatic carbocycles. The Morgan fingerprint density at radius 1 is 1.31 bits per heavy atom. The topological polar surface area (TPSA) is 12.0 Å². The summed E-state index contributed by atoms with van der Waals surface area (Å²) in [6.45, 7) is 8.40. The molecule has 13 heavy (non-hydrogen) atoms. The Hall–Kier alpha value is -0.0400. The molecule has 1 aliphatic rings. The lowest BCUT2D eigenvalue weighted by molar-refractivity contribution is 0.123. The molecule has 1 fully saturated rings. The average Bonchev–Trinajstić information content (AvgIpc) is 2.08. The molecule has 0 aromatic heterocycles. The summed E-state index contributed by atoms with van der Waals surface area (Å²) in [5, 5.41) is 3.35. The van der Waals surface area contributed by atoms with Gasteiger partial charge in [-0.25, -0.2) is 0 Å². The highest BCUT2D eigenvalue weighted by Gasteiger charge is 2.31. The van der Waals surface area contributed by atoms with Crippen molar-refractivity contribution in [1.29, 1.82) is 0 Å². The Morgan fingerprint density at radius 3 is 2.54 bits per heavy atom. The minimum atomic E-state index is 0.862. The van der Waals surface area contributed by atoms with E-state index in [9.17, 15) is 0 Å². The van der Waals surface area contributed by atoms with Crippen LogP contribution in [0.4, 0.5) is 0 Å². The van der Waals surface area contributed by atoms with Crippen LogP contribution < -0.4 is 5.32 Å². The average molecular weight is 183 g/mol. The second kappa shape index (κ2) is 4.99. The minimum Gasteiger partial charge on any atom is -0.319 e. The van der Waals surface area contributed by atoms with E-state index in [0.29, 0.717) is 0 Å². The van der Waals surface area contributed by atoms with Gasteiger partial charge in [-0.2, -0.15) is 0 Å². The molecule has 0 amide bonds. The standard InChI is InChI=1S/C12H25N/c1-9(2)11-7-5-6-10(3)12(11)8-13-4/h9-13H,5-8H2,1-4H3. The Morgan fingerprint density at radius 2 is 2.00 bits per heavy atom. The van der Waals surface area contributed by atoms with Crippen LogP contribution in [0.15, 0.2) is 0 Å². The largest absolute Gasteiger partial charge is 0.319 e. The van der Waals surface area contributed by atoms with E-state index in [0.717, 1.165) is 23.7 Å². The summed E-state index contributed by atoms with van der Waals surface area (Å²) < 4.78 is 0. The Balaban J connectivity index is 2.56. The van der Waals surface area contributed by atoms with Crippen molar-refractivity contribution in [2.45, 2.75) is 40.0 Å². The third-order valence-corrected chi connectivity index (χ3v) is 3.77. The van der Waals surface area contributed by atoms with Gasteiger partial charge in [-0.1, -0.05) is 33.6 Å². The highest BCUT2D eigenvalue weighted by atomic mass is 14.8. The molecule has 0 heterocycles. The van der Waals surface area contributed by atoms with Crippen molar-refractivity contribution in [3.63, 3.8) is 0 Å². The zero-order valence-corrected chi connectivity index (χ0v) is 9.64. The van der Waals surface area contributed by atoms with Gasteiger partial charge in [-0.3, -0.25) is 0 Å². The molecule has 3 atom stereocenters. The zero-order chi connectivity index (χ0) is 9.84. The van der Waals surface area contributed by atoms with Crippen molar-refractivity contribution < 1.29 is 0 Å². The number of hydrogen-bond acceptors (Lipinski definition) is 1. The maximum atomic E-state index is 3.35. The molecular formula is C12H25N. The fourth-order valence-electron chi connectivity index (χ4n) is 2.94. The molecule has 0 bridgehead atoms. The Bertz CT molecular complexity index is 142. The molecule has 3 unspecified atom stereocenters. The van der Waals surface area contributed by atoms with Crippen molar-refractivity contribution in [3.05, 3.63) is 0 Å². The zero-order valence-electron chi connectivity index (χ0n) is 9.64. The van der Waals surface area contributed by atoms with E-state index in [4.69, 9.17) is 0 Å². The molecule has 1 saturated carbocycles. The van der Waals surface area contributed by atoms with Crippen LogP contribution in [0.1, 0.15) is 40.0 Å². The summed E-state index contributed by atoms with van der Waals surface area (Å²) in [4.78, 5) is 0. The third-order valence-electron chi connectivity index (χ3n) is 3.77. The highest BCUT2D eigenvalue weighted by Crippen LogP contribution is 2.38. The van der Waals surface area contributed by atoms with E-state index < -0.39 is 0 Å². The van der Waals surface area contributed by atoms with Gasteiger partial charge in [0.15, 0.2) is 0 Å². The summed E-state index contributed by atoms with van der Waals surface area (Å²) in [6.07, 6.45) is 4.34. The van der Waals surface area contributed by atoms with Crippen LogP contribution in [-0.2, 0) is 0 Å². The predicted molar refractivity (Wildman–Crippen MR) is 58.8 cm³/mol. The SMILES string of the molecule is CNCC1C(C)CCCC1C(C)C. The molecule has 0 radical (unpaired) electrons. The van der Waals surface area contributed by atoms with Gasteiger partial charge in [0, 0.05) is 0 Å². The van der Waals surface area contributed by atoms with E-state index in [1.807, 2.05) is 0 Å². The van der Waals surface area contributed by atoms with Gasteiger partial charge in [0.05, 0.1) is 0 Å². The molecule has 0 aromatic rings. The molecule has 1 heteroatoms. The Kier molecular flexibility index (Phi) is 4.24. The van der Waals surface area contributed by atoms with E-state index in [1.165, 1.54) is 25.8 Å². The van der Waals surface area contributed by atoms with E-state index in [-0.39, 0.29) is 0 Å². The van der Waals surface area contributed by atoms with Gasteiger partial charge in [0.25, 0.3) is 0 Å². The summed E-state index contributed by atoms with van der Waals surface area (Å²) in [5.74, 6) is 3.66. The van der Waals surface area contributed by atoms with Crippen molar-refractivity contribution in [2.24, 2.45) is 23.7 Å². The van der Waals surface area contributed by atoms with Crippen LogP contribution in [0.3, 0.4) is 0 Å². The molecule has 0 aliphatic heterocycles. The summed E-state index contributed by atoms with van der Waals surface area (Å²) in [5.41, 5.74) is 0. The maximum Gasteiger partial charge on any atom is -0.00182 e. The minimum absolute atomic E-state index is 0.862. The van der Waals surface area contributed by atoms with E-state index in [1.54, 1.807) is 0 Å². The molecule has 0 spiro atoms. The first-order valence-corrected chi connectivity index (χ1v) is 5.81. The first kappa shape index (κ1) is 11.0. The van der Waals surface area contributed by atoms with Crippen molar-refractivity contribution >= 4 is 0 Å². The molecule has 1 rings (SSSR count). The van der Waals surface area contributed by atoms with E-state index >= 15 is 0 Å². The van der Waals surface area contributed by atoms with Crippen LogP contribution in [0.2, 0.25) is 0 Å². The maximum absolute atomic E-state index is 3.35. The quantitative estimate of drug-likeness (QED) is 0.709. The third kappa shape index (κ3) is 2.70. The highest BCUT2D eigenvalue weighted by molar-refractivity contribution is 4.82. The van der Waals surface area contributed by atoms with Crippen LogP contribution in [-0.4, -0.2) is 13.6 Å². The summed E-state index contributed by atoms with van der Waals surface area (Å²) in [7, 11) is 2.08. The summed E-state index contributed by atoms with van der Waals surface area (Å²) >= 11 is 0. The molecule has 1 aliphatic carbocycles. The van der Waals surface area contributed by atoms with Crippen molar-refractivity contribution in [3.8, 4) is 0 Å². The Labute approximate surface area is 83.3 Å². The van der Waals surface area contributed by atoms with Gasteiger partial charge >= 0.3 is 0 Å². The van der Waals surface area contributed by atoms with Crippen LogP contribution in [0.5, 0.6) is 0 Å². The second-order valence-corrected chi connectivity index (χ2v) is 5.04. The fourth-order valence-corrected chi connectivity index (χ4v) is 2.94. The van der Waals surface area contributed by atoms with Gasteiger partial charge in [0.1, 0.15) is 0 Å². The molecule has 78 valence electrons. The monoisotopic (exact) mass is 183 g/mol. The molecular weight excluding hydrogens is 158 g/mol. The number of hydrogen-bond donors (Lipinski definition) is 1. The molecule has 1 N–H and O–H groups in total. The molecule has 1 nitrogen and oxygen atoms in total. The van der Waals surface area contributed by atoms with Crippen LogP contribution >= 0.6 is 0 Å². The van der Waals surface area contributed by atoms with Gasteiger partial charge in [0.2, 0.25) is 0 Å². The smallest absolute Gasteiger partial charge is 0.00182 e. The van der Waals surface area contributed by atoms with Crippen LogP contribution in [0, 0.1) is 23.7 Å². The van der Waals surface area contributed by atoms with Gasteiger partial charge in [-0.05, 0) is 43.7 Å². The fraction of sp³-hybridized carbons (Fsp3) is 1.00. The summed E-state index contributed by atoms with van der Waals surface area (Å²) in [6, 6.07) is 0. The number of nitrogens with one attached hydrogen (secondary N) is 1. The van der Waals surface area contributed by atoms with Gasteiger partial charge in [-0.15, -0.1) is 0 Å². The first-order valence-electron chi connectivity index (χ1n) is 5.81. The lowest BCUT2D eigenvalue weighted by Crippen LogP contribution is -2.36. The predicted octanol–water partition coefficient (Wildman–Crippen LogP) is 2.91.